The summed E-state index contributed by atoms with van der Waals surface area (Å²) in [6, 6.07) is 9.07. The third kappa shape index (κ3) is 5.09. The monoisotopic (exact) mass is 460 g/mol. The van der Waals surface area contributed by atoms with E-state index in [2.05, 4.69) is 24.0 Å². The van der Waals surface area contributed by atoms with E-state index in [0.717, 1.165) is 67.2 Å². The Labute approximate surface area is 188 Å². The number of hydrogen-bond donors (Lipinski definition) is 0. The van der Waals surface area contributed by atoms with E-state index in [1.807, 2.05) is 6.07 Å². The number of benzene rings is 1. The molecule has 31 heavy (non-hydrogen) atoms. The summed E-state index contributed by atoms with van der Waals surface area (Å²) in [6.45, 7) is 6.73. The van der Waals surface area contributed by atoms with Crippen molar-refractivity contribution < 1.29 is 14.5 Å². The van der Waals surface area contributed by atoms with Crippen molar-refractivity contribution in [3.63, 3.8) is 0 Å². The summed E-state index contributed by atoms with van der Waals surface area (Å²) < 4.78 is 6.44. The molecule has 1 aromatic carbocycles. The summed E-state index contributed by atoms with van der Waals surface area (Å²) in [5, 5.41) is 11.7. The molecule has 164 valence electrons. The number of ether oxygens (including phenoxy) is 1. The molecule has 0 radical (unpaired) electrons. The van der Waals surface area contributed by atoms with Gasteiger partial charge in [-0.05, 0) is 36.6 Å². The van der Waals surface area contributed by atoms with Gasteiger partial charge in [0.15, 0.2) is 5.13 Å². The van der Waals surface area contributed by atoms with Crippen LogP contribution in [0.1, 0.15) is 28.6 Å². The van der Waals surface area contributed by atoms with Crippen molar-refractivity contribution in [2.24, 2.45) is 0 Å². The van der Waals surface area contributed by atoms with Gasteiger partial charge in [-0.1, -0.05) is 35.7 Å². The number of anilines is 1. The van der Waals surface area contributed by atoms with Crippen LogP contribution in [0, 0.1) is 10.1 Å². The molecule has 1 aliphatic rings. The minimum Gasteiger partial charge on any atom is -0.379 e. The summed E-state index contributed by atoms with van der Waals surface area (Å²) in [5.74, 6) is -0.241. The summed E-state index contributed by atoms with van der Waals surface area (Å²) in [6.07, 6.45) is 1.72. The predicted molar refractivity (Wildman–Crippen MR) is 124 cm³/mol. The molecule has 0 N–H and O–H groups in total. The van der Waals surface area contributed by atoms with Gasteiger partial charge in [0.1, 0.15) is 0 Å². The van der Waals surface area contributed by atoms with Crippen LogP contribution in [0.2, 0.25) is 0 Å². The third-order valence-electron chi connectivity index (χ3n) is 5.27. The highest BCUT2D eigenvalue weighted by Crippen LogP contribution is 2.32. The molecule has 1 amide bonds. The molecule has 1 saturated heterocycles. The Kier molecular flexibility index (Phi) is 6.91. The van der Waals surface area contributed by atoms with Gasteiger partial charge in [0.25, 0.3) is 5.91 Å². The molecule has 2 aromatic heterocycles. The molecule has 0 atom stereocenters. The van der Waals surface area contributed by atoms with E-state index < -0.39 is 4.92 Å². The maximum Gasteiger partial charge on any atom is 0.324 e. The van der Waals surface area contributed by atoms with Gasteiger partial charge in [0.2, 0.25) is 0 Å². The van der Waals surface area contributed by atoms with Crippen LogP contribution in [0.25, 0.3) is 10.2 Å². The van der Waals surface area contributed by atoms with E-state index >= 15 is 0 Å². The number of nitrogens with zero attached hydrogens (tertiary/aromatic N) is 4. The Balaban J connectivity index is 1.57. The van der Waals surface area contributed by atoms with E-state index in [9.17, 15) is 14.9 Å². The highest BCUT2D eigenvalue weighted by molar-refractivity contribution is 7.22. The molecular formula is C21H24N4O4S2. The Morgan fingerprint density at radius 2 is 2.06 bits per heavy atom. The van der Waals surface area contributed by atoms with Gasteiger partial charge in [-0.3, -0.25) is 24.7 Å². The average molecular weight is 461 g/mol. The smallest absolute Gasteiger partial charge is 0.324 e. The van der Waals surface area contributed by atoms with Crippen molar-refractivity contribution in [2.75, 3.05) is 44.3 Å². The van der Waals surface area contributed by atoms with E-state index in [4.69, 9.17) is 9.72 Å². The second-order valence-corrected chi connectivity index (χ2v) is 9.38. The number of carbonyl (C=O) groups is 1. The molecule has 0 spiro atoms. The first kappa shape index (κ1) is 21.8. The Hall–Kier alpha value is -2.40. The van der Waals surface area contributed by atoms with Crippen molar-refractivity contribution in [1.82, 2.24) is 9.88 Å². The molecule has 4 rings (SSSR count). The minimum absolute atomic E-state index is 0.0338. The summed E-state index contributed by atoms with van der Waals surface area (Å²) in [5.41, 5.74) is 2.09. The van der Waals surface area contributed by atoms with Crippen LogP contribution in [0.3, 0.4) is 0 Å². The van der Waals surface area contributed by atoms with E-state index in [1.165, 1.54) is 29.0 Å². The molecule has 0 aliphatic carbocycles. The van der Waals surface area contributed by atoms with Gasteiger partial charge in [-0.15, -0.1) is 0 Å². The number of nitro groups is 1. The van der Waals surface area contributed by atoms with Crippen molar-refractivity contribution in [3.8, 4) is 0 Å². The highest BCUT2D eigenvalue weighted by atomic mass is 32.1. The van der Waals surface area contributed by atoms with Crippen LogP contribution in [0.4, 0.5) is 10.1 Å². The van der Waals surface area contributed by atoms with Gasteiger partial charge in [-0.25, -0.2) is 4.98 Å². The number of carbonyl (C=O) groups excluding carboxylic acids is 1. The topological polar surface area (TPSA) is 88.8 Å². The molecule has 10 heteroatoms. The predicted octanol–water partition coefficient (Wildman–Crippen LogP) is 4.20. The Morgan fingerprint density at radius 3 is 2.77 bits per heavy atom. The fraction of sp³-hybridized carbons (Fsp3) is 0.429. The highest BCUT2D eigenvalue weighted by Gasteiger charge is 2.25. The van der Waals surface area contributed by atoms with Crippen LogP contribution in [0.15, 0.2) is 30.3 Å². The second-order valence-electron chi connectivity index (χ2n) is 7.31. The first-order valence-electron chi connectivity index (χ1n) is 10.3. The van der Waals surface area contributed by atoms with Crippen LogP contribution in [-0.2, 0) is 11.2 Å². The normalized spacial score (nSPS) is 14.7. The molecule has 1 aliphatic heterocycles. The quantitative estimate of drug-likeness (QED) is 0.370. The van der Waals surface area contributed by atoms with Gasteiger partial charge in [-0.2, -0.15) is 0 Å². The van der Waals surface area contributed by atoms with Crippen LogP contribution < -0.4 is 4.90 Å². The number of hydrogen-bond acceptors (Lipinski definition) is 8. The Bertz CT molecular complexity index is 1070. The lowest BCUT2D eigenvalue weighted by Crippen LogP contribution is -2.39. The largest absolute Gasteiger partial charge is 0.379 e. The standard InChI is InChI=1S/C21H24N4O4S2/c1-2-15-4-5-16-18(14-15)31-21(22-16)24(9-3-8-23-10-12-29-13-11-23)20(26)17-6-7-19(30-17)25(27)28/h4-7,14H,2-3,8-13H2,1H3. The molecule has 3 aromatic rings. The van der Waals surface area contributed by atoms with Crippen molar-refractivity contribution >= 4 is 48.9 Å². The molecule has 0 saturated carbocycles. The zero-order valence-corrected chi connectivity index (χ0v) is 18.9. The molecule has 0 unspecified atom stereocenters. The number of morpholine rings is 1. The number of fused-ring (bicyclic) bond motifs is 1. The maximum absolute atomic E-state index is 13.3. The number of aromatic nitrogens is 1. The first-order chi connectivity index (χ1) is 15.0. The van der Waals surface area contributed by atoms with E-state index in [1.54, 1.807) is 4.90 Å². The van der Waals surface area contributed by atoms with E-state index in [0.29, 0.717) is 16.6 Å². The third-order valence-corrected chi connectivity index (χ3v) is 7.33. The van der Waals surface area contributed by atoms with E-state index in [-0.39, 0.29) is 10.9 Å². The van der Waals surface area contributed by atoms with Crippen molar-refractivity contribution in [3.05, 3.63) is 50.9 Å². The van der Waals surface area contributed by atoms with Crippen LogP contribution in [0.5, 0.6) is 0 Å². The van der Waals surface area contributed by atoms with Crippen molar-refractivity contribution in [1.29, 1.82) is 0 Å². The summed E-state index contributed by atoms with van der Waals surface area (Å²) >= 11 is 2.39. The number of aryl methyl sites for hydroxylation is 1. The zero-order valence-electron chi connectivity index (χ0n) is 17.3. The lowest BCUT2D eigenvalue weighted by atomic mass is 10.2. The molecule has 3 heterocycles. The first-order valence-corrected chi connectivity index (χ1v) is 11.9. The number of thiophene rings is 1. The second kappa shape index (κ2) is 9.82. The SMILES string of the molecule is CCc1ccc2nc(N(CCCN3CCOCC3)C(=O)c3ccc([N+](=O)[O-])s3)sc2c1. The zero-order chi connectivity index (χ0) is 21.8. The number of rotatable bonds is 8. The maximum atomic E-state index is 13.3. The molecule has 0 bridgehead atoms. The summed E-state index contributed by atoms with van der Waals surface area (Å²) in [4.78, 5) is 33.0. The van der Waals surface area contributed by atoms with Gasteiger partial charge >= 0.3 is 5.00 Å². The van der Waals surface area contributed by atoms with Gasteiger partial charge < -0.3 is 4.74 Å². The Morgan fingerprint density at radius 1 is 1.26 bits per heavy atom. The van der Waals surface area contributed by atoms with Crippen LogP contribution >= 0.6 is 22.7 Å². The van der Waals surface area contributed by atoms with Crippen molar-refractivity contribution in [2.45, 2.75) is 19.8 Å². The minimum atomic E-state index is -0.464. The molecular weight excluding hydrogens is 436 g/mol. The molecule has 1 fully saturated rings. The number of amides is 1. The van der Waals surface area contributed by atoms with Gasteiger partial charge in [0, 0.05) is 32.2 Å². The number of thiazole rings is 1. The fourth-order valence-electron chi connectivity index (χ4n) is 3.53. The fourth-order valence-corrected chi connectivity index (χ4v) is 5.35. The summed E-state index contributed by atoms with van der Waals surface area (Å²) in [7, 11) is 0. The lowest BCUT2D eigenvalue weighted by Gasteiger charge is -2.27. The van der Waals surface area contributed by atoms with Crippen LogP contribution in [-0.4, -0.2) is 60.1 Å². The average Bonchev–Trinajstić information content (AvgIpc) is 3.44. The molecule has 8 nitrogen and oxygen atoms in total. The lowest BCUT2D eigenvalue weighted by molar-refractivity contribution is -0.380. The van der Waals surface area contributed by atoms with Gasteiger partial charge in [0.05, 0.1) is 33.2 Å².